The van der Waals surface area contributed by atoms with Crippen molar-refractivity contribution < 1.29 is 13.6 Å². The number of fused-ring (bicyclic) bond motifs is 1. The van der Waals surface area contributed by atoms with E-state index in [9.17, 15) is 13.6 Å². The second kappa shape index (κ2) is 5.60. The molecule has 0 saturated carbocycles. The number of nitrogens with zero attached hydrogens (tertiary/aromatic N) is 3. The van der Waals surface area contributed by atoms with Crippen LogP contribution in [0, 0.1) is 6.92 Å². The normalized spacial score (nSPS) is 14.7. The summed E-state index contributed by atoms with van der Waals surface area (Å²) in [5, 5.41) is -0.185. The summed E-state index contributed by atoms with van der Waals surface area (Å²) in [6.07, 6.45) is 1.93. The van der Waals surface area contributed by atoms with Crippen LogP contribution < -0.4 is 0 Å². The van der Waals surface area contributed by atoms with Gasteiger partial charge in [-0.25, -0.2) is 13.8 Å². The molecule has 0 spiro atoms. The molecule has 0 radical (unpaired) electrons. The van der Waals surface area contributed by atoms with E-state index in [0.29, 0.717) is 19.6 Å². The summed E-state index contributed by atoms with van der Waals surface area (Å²) in [4.78, 5) is 18.6. The van der Waals surface area contributed by atoms with Gasteiger partial charge in [-0.1, -0.05) is 23.7 Å². The zero-order chi connectivity index (χ0) is 16.8. The summed E-state index contributed by atoms with van der Waals surface area (Å²) in [5.74, 6) is -2.66. The van der Waals surface area contributed by atoms with E-state index in [1.54, 1.807) is 4.90 Å². The van der Waals surface area contributed by atoms with Crippen LogP contribution in [0.5, 0.6) is 0 Å². The third-order valence-electron chi connectivity index (χ3n) is 3.91. The third kappa shape index (κ3) is 2.95. The smallest absolute Gasteiger partial charge is 0.271 e. The molecule has 122 valence electrons. The van der Waals surface area contributed by atoms with Crippen LogP contribution in [-0.2, 0) is 19.0 Å². The largest absolute Gasteiger partial charge is 0.331 e. The molecule has 1 amide bonds. The summed E-state index contributed by atoms with van der Waals surface area (Å²) in [6.45, 7) is 4.12. The number of hydrogen-bond donors (Lipinski definition) is 0. The Balaban J connectivity index is 1.90. The molecular weight excluding hydrogens is 324 g/mol. The zero-order valence-corrected chi connectivity index (χ0v) is 13.6. The lowest BCUT2D eigenvalue weighted by Gasteiger charge is -2.28. The average molecular weight is 340 g/mol. The number of imidazole rings is 1. The molecule has 0 saturated heterocycles. The second-order valence-electron chi connectivity index (χ2n) is 5.77. The fraction of sp³-hybridized carbons (Fsp3) is 0.375. The first kappa shape index (κ1) is 15.9. The van der Waals surface area contributed by atoms with Gasteiger partial charge in [0, 0.05) is 31.8 Å². The van der Waals surface area contributed by atoms with Crippen LogP contribution in [0.1, 0.15) is 34.4 Å². The van der Waals surface area contributed by atoms with Crippen molar-refractivity contribution in [3.05, 3.63) is 52.1 Å². The van der Waals surface area contributed by atoms with Crippen LogP contribution >= 0.6 is 11.6 Å². The van der Waals surface area contributed by atoms with Gasteiger partial charge in [0.25, 0.3) is 11.8 Å². The number of benzene rings is 1. The van der Waals surface area contributed by atoms with Crippen molar-refractivity contribution >= 4 is 17.5 Å². The summed E-state index contributed by atoms with van der Waals surface area (Å²) in [7, 11) is 0. The number of rotatable bonds is 2. The quantitative estimate of drug-likeness (QED) is 0.838. The molecule has 0 N–H and O–H groups in total. The summed E-state index contributed by atoms with van der Waals surface area (Å²) < 4.78 is 29.2. The van der Waals surface area contributed by atoms with Crippen molar-refractivity contribution in [1.29, 1.82) is 0 Å². The van der Waals surface area contributed by atoms with Gasteiger partial charge < -0.3 is 9.47 Å². The second-order valence-corrected chi connectivity index (χ2v) is 6.15. The monoisotopic (exact) mass is 339 g/mol. The maximum Gasteiger partial charge on any atom is 0.271 e. The molecule has 0 aliphatic carbocycles. The van der Waals surface area contributed by atoms with Crippen LogP contribution in [0.3, 0.4) is 0 Å². The number of hydrogen-bond acceptors (Lipinski definition) is 2. The van der Waals surface area contributed by atoms with Crippen LogP contribution in [0.15, 0.2) is 24.4 Å². The first-order valence-corrected chi connectivity index (χ1v) is 7.64. The van der Waals surface area contributed by atoms with E-state index in [0.717, 1.165) is 18.4 Å². The Kier molecular flexibility index (Phi) is 3.88. The van der Waals surface area contributed by atoms with Crippen molar-refractivity contribution in [3.8, 4) is 0 Å². The standard InChI is InChI=1S/C16H16ClF2N3O/c1-10-8-21-6-7-22(9-13(21)20-10)15(23)11-4-3-5-12(14(11)17)16(2,18)19/h3-5,8H,6-7,9H2,1-2H3. The Bertz CT molecular complexity index is 767. The van der Waals surface area contributed by atoms with Crippen LogP contribution in [-0.4, -0.2) is 26.9 Å². The van der Waals surface area contributed by atoms with Gasteiger partial charge in [0.15, 0.2) is 0 Å². The predicted octanol–water partition coefficient (Wildman–Crippen LogP) is 3.61. The van der Waals surface area contributed by atoms with E-state index in [1.807, 2.05) is 17.7 Å². The molecule has 2 aromatic rings. The minimum atomic E-state index is -3.09. The predicted molar refractivity (Wildman–Crippen MR) is 82.7 cm³/mol. The Morgan fingerprint density at radius 1 is 1.35 bits per heavy atom. The SMILES string of the molecule is Cc1cn2c(n1)CN(C(=O)c1cccc(C(C)(F)F)c1Cl)CC2. The van der Waals surface area contributed by atoms with Crippen LogP contribution in [0.4, 0.5) is 8.78 Å². The van der Waals surface area contributed by atoms with Crippen molar-refractivity contribution in [3.63, 3.8) is 0 Å². The van der Waals surface area contributed by atoms with Gasteiger partial charge in [-0.3, -0.25) is 4.79 Å². The van der Waals surface area contributed by atoms with E-state index in [1.165, 1.54) is 18.2 Å². The lowest BCUT2D eigenvalue weighted by atomic mass is 10.0. The zero-order valence-electron chi connectivity index (χ0n) is 12.8. The number of aromatic nitrogens is 2. The molecule has 0 bridgehead atoms. The van der Waals surface area contributed by atoms with Crippen molar-refractivity contribution in [2.75, 3.05) is 6.54 Å². The van der Waals surface area contributed by atoms with Crippen molar-refractivity contribution in [2.24, 2.45) is 0 Å². The summed E-state index contributed by atoms with van der Waals surface area (Å²) in [5.41, 5.74) is 0.654. The van der Waals surface area contributed by atoms with Gasteiger partial charge in [0.1, 0.15) is 5.82 Å². The molecule has 0 fully saturated rings. The van der Waals surface area contributed by atoms with E-state index >= 15 is 0 Å². The van der Waals surface area contributed by atoms with E-state index in [4.69, 9.17) is 11.6 Å². The van der Waals surface area contributed by atoms with Gasteiger partial charge in [0.05, 0.1) is 22.8 Å². The third-order valence-corrected chi connectivity index (χ3v) is 4.32. The summed E-state index contributed by atoms with van der Waals surface area (Å²) >= 11 is 6.06. The first-order chi connectivity index (χ1) is 10.8. The number of carbonyl (C=O) groups excluding carboxylic acids is 1. The number of amides is 1. The number of carbonyl (C=O) groups is 1. The molecule has 0 atom stereocenters. The molecule has 2 heterocycles. The molecule has 3 rings (SSSR count). The maximum atomic E-state index is 13.6. The van der Waals surface area contributed by atoms with E-state index in [-0.39, 0.29) is 22.1 Å². The lowest BCUT2D eigenvalue weighted by Crippen LogP contribution is -2.38. The van der Waals surface area contributed by atoms with Crippen LogP contribution in [0.2, 0.25) is 5.02 Å². The van der Waals surface area contributed by atoms with Gasteiger partial charge in [-0.15, -0.1) is 0 Å². The highest BCUT2D eigenvalue weighted by Gasteiger charge is 2.31. The molecule has 7 heteroatoms. The lowest BCUT2D eigenvalue weighted by molar-refractivity contribution is 0.0175. The molecule has 1 aliphatic heterocycles. The molecule has 1 aromatic carbocycles. The number of aryl methyl sites for hydroxylation is 1. The fourth-order valence-corrected chi connectivity index (χ4v) is 3.15. The molecule has 0 unspecified atom stereocenters. The average Bonchev–Trinajstić information content (AvgIpc) is 2.84. The molecule has 23 heavy (non-hydrogen) atoms. The highest BCUT2D eigenvalue weighted by Crippen LogP contribution is 2.35. The number of halogens is 3. The molecular formula is C16H16ClF2N3O. The number of alkyl halides is 2. The van der Waals surface area contributed by atoms with Gasteiger partial charge in [-0.05, 0) is 13.0 Å². The highest BCUT2D eigenvalue weighted by atomic mass is 35.5. The van der Waals surface area contributed by atoms with Crippen molar-refractivity contribution in [1.82, 2.24) is 14.5 Å². The van der Waals surface area contributed by atoms with Crippen molar-refractivity contribution in [2.45, 2.75) is 32.9 Å². The Labute approximate surface area is 137 Å². The van der Waals surface area contributed by atoms with Gasteiger partial charge >= 0.3 is 0 Å². The summed E-state index contributed by atoms with van der Waals surface area (Å²) in [6, 6.07) is 4.15. The van der Waals surface area contributed by atoms with Gasteiger partial charge in [-0.2, -0.15) is 0 Å². The molecule has 1 aliphatic rings. The molecule has 1 aromatic heterocycles. The topological polar surface area (TPSA) is 38.1 Å². The highest BCUT2D eigenvalue weighted by molar-refractivity contribution is 6.34. The first-order valence-electron chi connectivity index (χ1n) is 7.26. The Hall–Kier alpha value is -1.95. The minimum absolute atomic E-state index is 0.0995. The fourth-order valence-electron chi connectivity index (χ4n) is 2.77. The van der Waals surface area contributed by atoms with Crippen LogP contribution in [0.25, 0.3) is 0 Å². The molecule has 4 nitrogen and oxygen atoms in total. The maximum absolute atomic E-state index is 13.6. The van der Waals surface area contributed by atoms with Gasteiger partial charge in [0.2, 0.25) is 0 Å². The minimum Gasteiger partial charge on any atom is -0.331 e. The Morgan fingerprint density at radius 3 is 2.78 bits per heavy atom. The van der Waals surface area contributed by atoms with E-state index in [2.05, 4.69) is 4.98 Å². The van der Waals surface area contributed by atoms with E-state index < -0.39 is 5.92 Å². The Morgan fingerprint density at radius 2 is 2.09 bits per heavy atom.